The Labute approximate surface area is 214 Å². The van der Waals surface area contributed by atoms with Crippen LogP contribution >= 0.6 is 0 Å². The standard InChI is InChI=1S/C30H36N4O2/c1-21(2)23-12-14-25(15-13-23)32-30(36)33-26-16-17-28(34-18-8-5-9-19-34)27(20-26)29(35)31-22(3)24-10-6-4-7-11-24/h4,6-7,10-17,20-22H,5,8-9,18-19H2,1-3H3,(H,31,35)(H2,32,33,36). The number of carbonyl (C=O) groups excluding carboxylic acids is 2. The first-order chi connectivity index (χ1) is 17.4. The normalized spacial score (nSPS) is 14.3. The van der Waals surface area contributed by atoms with Gasteiger partial charge in [0.1, 0.15) is 0 Å². The van der Waals surface area contributed by atoms with Gasteiger partial charge in [0.15, 0.2) is 0 Å². The number of urea groups is 1. The maximum absolute atomic E-state index is 13.4. The highest BCUT2D eigenvalue weighted by atomic mass is 16.2. The molecule has 188 valence electrons. The second-order valence-electron chi connectivity index (χ2n) is 9.74. The molecule has 0 radical (unpaired) electrons. The molecule has 6 heteroatoms. The lowest BCUT2D eigenvalue weighted by Gasteiger charge is -2.31. The van der Waals surface area contributed by atoms with Crippen LogP contribution in [0.25, 0.3) is 0 Å². The van der Waals surface area contributed by atoms with Crippen LogP contribution in [0.1, 0.15) is 73.5 Å². The van der Waals surface area contributed by atoms with Crippen molar-refractivity contribution in [2.45, 2.75) is 52.0 Å². The summed E-state index contributed by atoms with van der Waals surface area (Å²) in [5.41, 5.74) is 5.03. The molecule has 1 unspecified atom stereocenters. The van der Waals surface area contributed by atoms with Crippen molar-refractivity contribution in [2.24, 2.45) is 0 Å². The number of piperidine rings is 1. The molecule has 0 bridgehead atoms. The first-order valence-electron chi connectivity index (χ1n) is 12.8. The molecule has 0 saturated carbocycles. The Hall–Kier alpha value is -3.80. The highest BCUT2D eigenvalue weighted by molar-refractivity contribution is 6.04. The zero-order chi connectivity index (χ0) is 25.5. The van der Waals surface area contributed by atoms with Crippen LogP contribution in [-0.2, 0) is 0 Å². The van der Waals surface area contributed by atoms with Crippen LogP contribution in [0.3, 0.4) is 0 Å². The van der Waals surface area contributed by atoms with E-state index in [0.29, 0.717) is 17.2 Å². The zero-order valence-corrected chi connectivity index (χ0v) is 21.4. The lowest BCUT2D eigenvalue weighted by molar-refractivity contribution is 0.0940. The van der Waals surface area contributed by atoms with Crippen LogP contribution in [0.4, 0.5) is 21.9 Å². The number of benzene rings is 3. The van der Waals surface area contributed by atoms with Crippen LogP contribution in [-0.4, -0.2) is 25.0 Å². The van der Waals surface area contributed by atoms with Crippen LogP contribution in [0.5, 0.6) is 0 Å². The minimum absolute atomic E-state index is 0.137. The molecule has 1 aliphatic heterocycles. The maximum Gasteiger partial charge on any atom is 0.323 e. The number of hydrogen-bond acceptors (Lipinski definition) is 3. The molecule has 3 aromatic carbocycles. The Bertz CT molecular complexity index is 1170. The molecule has 6 nitrogen and oxygen atoms in total. The van der Waals surface area contributed by atoms with Gasteiger partial charge in [-0.05, 0) is 73.6 Å². The summed E-state index contributed by atoms with van der Waals surface area (Å²) in [6.07, 6.45) is 3.43. The SMILES string of the molecule is CC(C)c1ccc(NC(=O)Nc2ccc(N3CCCCC3)c(C(=O)NC(C)c3ccccc3)c2)cc1. The van der Waals surface area contributed by atoms with Crippen molar-refractivity contribution in [3.63, 3.8) is 0 Å². The number of anilines is 3. The molecule has 0 aliphatic carbocycles. The summed E-state index contributed by atoms with van der Waals surface area (Å²) in [7, 11) is 0. The van der Waals surface area contributed by atoms with Gasteiger partial charge < -0.3 is 20.9 Å². The third kappa shape index (κ3) is 6.45. The topological polar surface area (TPSA) is 73.5 Å². The molecule has 3 aromatic rings. The lowest BCUT2D eigenvalue weighted by Crippen LogP contribution is -2.33. The van der Waals surface area contributed by atoms with Crippen molar-refractivity contribution < 1.29 is 9.59 Å². The van der Waals surface area contributed by atoms with Crippen molar-refractivity contribution >= 4 is 29.0 Å². The van der Waals surface area contributed by atoms with Crippen LogP contribution in [0, 0.1) is 0 Å². The Balaban J connectivity index is 1.51. The van der Waals surface area contributed by atoms with Gasteiger partial charge in [-0.1, -0.05) is 56.3 Å². The third-order valence-electron chi connectivity index (χ3n) is 6.68. The second kappa shape index (κ2) is 11.8. The zero-order valence-electron chi connectivity index (χ0n) is 21.4. The summed E-state index contributed by atoms with van der Waals surface area (Å²) >= 11 is 0. The summed E-state index contributed by atoms with van der Waals surface area (Å²) in [5.74, 6) is 0.278. The second-order valence-corrected chi connectivity index (χ2v) is 9.74. The van der Waals surface area contributed by atoms with Gasteiger partial charge in [0.25, 0.3) is 5.91 Å². The van der Waals surface area contributed by atoms with E-state index < -0.39 is 0 Å². The molecule has 1 aliphatic rings. The fraction of sp³-hybridized carbons (Fsp3) is 0.333. The van der Waals surface area contributed by atoms with Crippen molar-refractivity contribution in [2.75, 3.05) is 28.6 Å². The van der Waals surface area contributed by atoms with E-state index in [9.17, 15) is 9.59 Å². The van der Waals surface area contributed by atoms with Gasteiger partial charge >= 0.3 is 6.03 Å². The fourth-order valence-electron chi connectivity index (χ4n) is 4.55. The first-order valence-corrected chi connectivity index (χ1v) is 12.8. The van der Waals surface area contributed by atoms with Crippen molar-refractivity contribution in [3.8, 4) is 0 Å². The van der Waals surface area contributed by atoms with E-state index >= 15 is 0 Å². The number of amides is 3. The molecule has 1 saturated heterocycles. The van der Waals surface area contributed by atoms with Crippen molar-refractivity contribution in [1.82, 2.24) is 5.32 Å². The lowest BCUT2D eigenvalue weighted by atomic mass is 10.0. The Morgan fingerprint density at radius 3 is 2.06 bits per heavy atom. The number of carbonyl (C=O) groups is 2. The smallest absolute Gasteiger partial charge is 0.323 e. The quantitative estimate of drug-likeness (QED) is 0.340. The number of rotatable bonds is 7. The average molecular weight is 485 g/mol. The monoisotopic (exact) mass is 484 g/mol. The summed E-state index contributed by atoms with van der Waals surface area (Å²) in [6.45, 7) is 8.10. The molecule has 1 atom stereocenters. The molecule has 1 fully saturated rings. The van der Waals surface area contributed by atoms with Gasteiger partial charge in [-0.25, -0.2) is 4.79 Å². The van der Waals surface area contributed by atoms with Gasteiger partial charge in [0.2, 0.25) is 0 Å². The van der Waals surface area contributed by atoms with Gasteiger partial charge in [-0.3, -0.25) is 4.79 Å². The highest BCUT2D eigenvalue weighted by Crippen LogP contribution is 2.28. The van der Waals surface area contributed by atoms with Gasteiger partial charge in [-0.2, -0.15) is 0 Å². The summed E-state index contributed by atoms with van der Waals surface area (Å²) in [6, 6.07) is 22.9. The van der Waals surface area contributed by atoms with Crippen LogP contribution < -0.4 is 20.9 Å². The number of nitrogens with zero attached hydrogens (tertiary/aromatic N) is 1. The predicted octanol–water partition coefficient (Wildman–Crippen LogP) is 6.94. The van der Waals surface area contributed by atoms with Crippen molar-refractivity contribution in [1.29, 1.82) is 0 Å². The van der Waals surface area contributed by atoms with Crippen LogP contribution in [0.2, 0.25) is 0 Å². The third-order valence-corrected chi connectivity index (χ3v) is 6.68. The molecule has 3 amide bonds. The molecular weight excluding hydrogens is 448 g/mol. The minimum Gasteiger partial charge on any atom is -0.371 e. The Morgan fingerprint density at radius 2 is 1.39 bits per heavy atom. The Kier molecular flexibility index (Phi) is 8.26. The minimum atomic E-state index is -0.345. The number of nitrogens with one attached hydrogen (secondary N) is 3. The average Bonchev–Trinajstić information content (AvgIpc) is 2.90. The fourth-order valence-corrected chi connectivity index (χ4v) is 4.55. The first kappa shape index (κ1) is 25.3. The van der Waals surface area contributed by atoms with Gasteiger partial charge in [0, 0.05) is 30.2 Å². The molecule has 0 spiro atoms. The van der Waals surface area contributed by atoms with E-state index in [1.54, 1.807) is 6.07 Å². The van der Waals surface area contributed by atoms with E-state index in [1.807, 2.05) is 73.7 Å². The molecule has 4 rings (SSSR count). The molecule has 3 N–H and O–H groups in total. The molecular formula is C30H36N4O2. The van der Waals surface area contributed by atoms with Crippen molar-refractivity contribution in [3.05, 3.63) is 89.5 Å². The summed E-state index contributed by atoms with van der Waals surface area (Å²) in [5, 5.41) is 8.90. The van der Waals surface area contributed by atoms with E-state index in [2.05, 4.69) is 34.7 Å². The van der Waals surface area contributed by atoms with E-state index in [4.69, 9.17) is 0 Å². The molecule has 36 heavy (non-hydrogen) atoms. The maximum atomic E-state index is 13.4. The van der Waals surface area contributed by atoms with E-state index in [-0.39, 0.29) is 18.0 Å². The predicted molar refractivity (Wildman–Crippen MR) is 148 cm³/mol. The summed E-state index contributed by atoms with van der Waals surface area (Å²) in [4.78, 5) is 28.4. The van der Waals surface area contributed by atoms with E-state index in [0.717, 1.165) is 42.9 Å². The van der Waals surface area contributed by atoms with E-state index in [1.165, 1.54) is 12.0 Å². The summed E-state index contributed by atoms with van der Waals surface area (Å²) < 4.78 is 0. The highest BCUT2D eigenvalue weighted by Gasteiger charge is 2.21. The largest absolute Gasteiger partial charge is 0.371 e. The van der Waals surface area contributed by atoms with Gasteiger partial charge in [0.05, 0.1) is 11.6 Å². The molecule has 1 heterocycles. The molecule has 0 aromatic heterocycles. The van der Waals surface area contributed by atoms with Gasteiger partial charge in [-0.15, -0.1) is 0 Å². The number of hydrogen-bond donors (Lipinski definition) is 3. The Morgan fingerprint density at radius 1 is 0.750 bits per heavy atom. The van der Waals surface area contributed by atoms with Crippen LogP contribution in [0.15, 0.2) is 72.8 Å².